The van der Waals surface area contributed by atoms with Crippen LogP contribution in [0.25, 0.3) is 0 Å². The van der Waals surface area contributed by atoms with Gasteiger partial charge in [-0.25, -0.2) is 0 Å². The molecule has 0 aliphatic rings. The highest BCUT2D eigenvalue weighted by atomic mass is 31.2. The highest BCUT2D eigenvalue weighted by Gasteiger charge is 2.24. The summed E-state index contributed by atoms with van der Waals surface area (Å²) in [5.41, 5.74) is 0. The molecule has 0 aliphatic heterocycles. The summed E-state index contributed by atoms with van der Waals surface area (Å²) in [6.45, 7) is 4.74. The fourth-order valence-electron chi connectivity index (χ4n) is 9.80. The van der Waals surface area contributed by atoms with Crippen molar-refractivity contribution in [1.82, 2.24) is 5.32 Å². The summed E-state index contributed by atoms with van der Waals surface area (Å²) in [6, 6.07) is -0.794. The van der Waals surface area contributed by atoms with Crippen LogP contribution in [0.1, 0.15) is 328 Å². The van der Waals surface area contributed by atoms with Gasteiger partial charge in [0.05, 0.1) is 39.9 Å². The number of amides is 1. The molecule has 0 aromatic heterocycles. The molecule has 3 atom stereocenters. The first-order chi connectivity index (χ1) is 34.5. The van der Waals surface area contributed by atoms with Crippen molar-refractivity contribution in [2.45, 2.75) is 341 Å². The molecule has 0 aromatic rings. The second-order valence-electron chi connectivity index (χ2n) is 23.1. The van der Waals surface area contributed by atoms with E-state index < -0.39 is 20.0 Å². The number of nitrogens with zero attached hydrogens (tertiary/aromatic N) is 1. The van der Waals surface area contributed by atoms with E-state index in [0.717, 1.165) is 38.5 Å². The van der Waals surface area contributed by atoms with Crippen LogP contribution in [0.15, 0.2) is 12.2 Å². The lowest BCUT2D eigenvalue weighted by Crippen LogP contribution is -2.46. The number of allylic oxidation sites excluding steroid dienone is 2. The molecule has 0 fully saturated rings. The molecule has 9 heteroatoms. The van der Waals surface area contributed by atoms with Crippen LogP contribution in [0.2, 0.25) is 0 Å². The topological polar surface area (TPSA) is 108 Å². The number of carbonyl (C=O) groups excluding carboxylic acids is 1. The Morgan fingerprint density at radius 3 is 1.10 bits per heavy atom. The van der Waals surface area contributed by atoms with Crippen molar-refractivity contribution in [3.8, 4) is 0 Å². The molecule has 0 spiro atoms. The third-order valence-corrected chi connectivity index (χ3v) is 15.7. The molecule has 0 bridgehead atoms. The van der Waals surface area contributed by atoms with Crippen molar-refractivity contribution in [1.29, 1.82) is 0 Å². The molecule has 0 heterocycles. The Hall–Kier alpha value is -0.760. The number of carbonyl (C=O) groups is 1. The minimum atomic E-state index is -4.56. The molecule has 3 unspecified atom stereocenters. The van der Waals surface area contributed by atoms with Crippen molar-refractivity contribution in [2.24, 2.45) is 0 Å². The number of hydrogen-bond donors (Lipinski definition) is 2. The van der Waals surface area contributed by atoms with E-state index in [1.54, 1.807) is 0 Å². The highest BCUT2D eigenvalue weighted by Crippen LogP contribution is 2.38. The van der Waals surface area contributed by atoms with Crippen LogP contribution >= 0.6 is 7.82 Å². The fourth-order valence-corrected chi connectivity index (χ4v) is 10.5. The van der Waals surface area contributed by atoms with Gasteiger partial charge in [0.25, 0.3) is 7.82 Å². The maximum Gasteiger partial charge on any atom is 0.268 e. The van der Waals surface area contributed by atoms with Gasteiger partial charge >= 0.3 is 0 Å². The zero-order valence-electron chi connectivity index (χ0n) is 48.5. The van der Waals surface area contributed by atoms with Gasteiger partial charge in [0.1, 0.15) is 13.2 Å². The fraction of sp³-hybridized carbons (Fsp3) is 0.952. The number of phosphoric ester groups is 1. The summed E-state index contributed by atoms with van der Waals surface area (Å²) < 4.78 is 23.3. The van der Waals surface area contributed by atoms with Gasteiger partial charge in [0, 0.05) is 6.42 Å². The molecule has 2 N–H and O–H groups in total. The van der Waals surface area contributed by atoms with E-state index in [0.29, 0.717) is 23.9 Å². The van der Waals surface area contributed by atoms with Gasteiger partial charge in [-0.05, 0) is 38.5 Å². The minimum Gasteiger partial charge on any atom is -0.756 e. The number of likely N-dealkylation sites (N-methyl/N-ethyl adjacent to an activating group) is 1. The Morgan fingerprint density at radius 2 is 0.775 bits per heavy atom. The molecule has 0 saturated carbocycles. The zero-order valence-corrected chi connectivity index (χ0v) is 49.4. The molecule has 0 aromatic carbocycles. The summed E-state index contributed by atoms with van der Waals surface area (Å²) >= 11 is 0. The van der Waals surface area contributed by atoms with Crippen molar-refractivity contribution in [3.63, 3.8) is 0 Å². The second kappa shape index (κ2) is 54.0. The van der Waals surface area contributed by atoms with Crippen molar-refractivity contribution in [2.75, 3.05) is 40.9 Å². The summed E-state index contributed by atoms with van der Waals surface area (Å²) in [5.74, 6) is -0.159. The van der Waals surface area contributed by atoms with E-state index in [4.69, 9.17) is 9.05 Å². The molecular formula is C62H125N2O6P. The number of phosphoric acid groups is 1. The first kappa shape index (κ1) is 70.2. The number of unbranched alkanes of at least 4 members (excludes halogenated alkanes) is 44. The molecule has 0 aliphatic carbocycles. The lowest BCUT2D eigenvalue weighted by molar-refractivity contribution is -0.870. The third kappa shape index (κ3) is 56.8. The lowest BCUT2D eigenvalue weighted by atomic mass is 10.0. The number of quaternary nitrogens is 1. The standard InChI is InChI=1S/C62H125N2O6P/c1-6-8-10-12-14-16-18-19-20-21-22-23-24-25-26-27-28-29-30-31-32-33-34-35-36-37-38-39-40-41-42-43-44-45-46-48-50-52-54-56-62(66)63-60(59-70-71(67,68)69-58-57-64(3,4)5)61(65)55-53-51-49-47-17-15-13-11-9-7-2/h21-22,60-61,65H,6-20,23-59H2,1-5H3,(H-,63,66,67,68)/b22-21-. The Labute approximate surface area is 443 Å². The van der Waals surface area contributed by atoms with E-state index in [-0.39, 0.29) is 19.1 Å². The largest absolute Gasteiger partial charge is 0.756 e. The van der Waals surface area contributed by atoms with Crippen LogP contribution in [0, 0.1) is 0 Å². The molecule has 0 rings (SSSR count). The average Bonchev–Trinajstić information content (AvgIpc) is 3.33. The van der Waals surface area contributed by atoms with E-state index in [9.17, 15) is 19.4 Å². The van der Waals surface area contributed by atoms with Crippen LogP contribution in [0.3, 0.4) is 0 Å². The first-order valence-electron chi connectivity index (χ1n) is 31.5. The lowest BCUT2D eigenvalue weighted by Gasteiger charge is -2.30. The summed E-state index contributed by atoms with van der Waals surface area (Å²) in [7, 11) is 1.32. The number of aliphatic hydroxyl groups excluding tert-OH is 1. The average molecular weight is 1030 g/mol. The molecule has 8 nitrogen and oxygen atoms in total. The monoisotopic (exact) mass is 1020 g/mol. The molecule has 0 radical (unpaired) electrons. The van der Waals surface area contributed by atoms with Crippen molar-refractivity contribution >= 4 is 13.7 Å². The van der Waals surface area contributed by atoms with Crippen LogP contribution in [-0.4, -0.2) is 68.5 Å². The summed E-state index contributed by atoms with van der Waals surface area (Å²) in [6.07, 6.45) is 67.3. The van der Waals surface area contributed by atoms with Crippen molar-refractivity contribution in [3.05, 3.63) is 12.2 Å². The van der Waals surface area contributed by atoms with E-state index in [2.05, 4.69) is 31.3 Å². The van der Waals surface area contributed by atoms with Crippen LogP contribution in [0.5, 0.6) is 0 Å². The number of rotatable bonds is 59. The molecule has 1 amide bonds. The van der Waals surface area contributed by atoms with Gasteiger partial charge in [0.2, 0.25) is 5.91 Å². The second-order valence-corrected chi connectivity index (χ2v) is 24.5. The highest BCUT2D eigenvalue weighted by molar-refractivity contribution is 7.45. The third-order valence-electron chi connectivity index (χ3n) is 14.8. The van der Waals surface area contributed by atoms with Crippen LogP contribution in [0.4, 0.5) is 0 Å². The van der Waals surface area contributed by atoms with Gasteiger partial charge in [0.15, 0.2) is 0 Å². The normalized spacial score (nSPS) is 13.8. The molecule has 71 heavy (non-hydrogen) atoms. The summed E-state index contributed by atoms with van der Waals surface area (Å²) in [5, 5.41) is 13.9. The number of nitrogens with one attached hydrogen (secondary N) is 1. The maximum absolute atomic E-state index is 12.9. The Bertz CT molecular complexity index is 1160. The SMILES string of the molecule is CCCCCCCCCC/C=C\CCCCCCCCCCCCCCCCCCCCCCCCCCCCCC(=O)NC(COP(=O)([O-])OCC[N+](C)(C)C)C(O)CCCCCCCCCCCC. The van der Waals surface area contributed by atoms with Gasteiger partial charge in [-0.2, -0.15) is 0 Å². The summed E-state index contributed by atoms with van der Waals surface area (Å²) in [4.78, 5) is 25.4. The molecule has 0 saturated heterocycles. The van der Waals surface area contributed by atoms with E-state index in [1.807, 2.05) is 21.1 Å². The predicted molar refractivity (Wildman–Crippen MR) is 307 cm³/mol. The van der Waals surface area contributed by atoms with Gasteiger partial charge in [-0.1, -0.05) is 296 Å². The maximum atomic E-state index is 12.9. The van der Waals surface area contributed by atoms with Crippen molar-refractivity contribution < 1.29 is 32.9 Å². The van der Waals surface area contributed by atoms with Gasteiger partial charge in [-0.3, -0.25) is 9.36 Å². The molecular weight excluding hydrogens is 900 g/mol. The Balaban J connectivity index is 3.76. The molecule has 424 valence electrons. The minimum absolute atomic E-state index is 0.0154. The Kier molecular flexibility index (Phi) is 53.5. The number of hydrogen-bond acceptors (Lipinski definition) is 6. The van der Waals surface area contributed by atoms with Crippen LogP contribution in [-0.2, 0) is 18.4 Å². The number of aliphatic hydroxyl groups is 1. The Morgan fingerprint density at radius 1 is 0.479 bits per heavy atom. The van der Waals surface area contributed by atoms with E-state index in [1.165, 1.54) is 263 Å². The quantitative estimate of drug-likeness (QED) is 0.0272. The smallest absolute Gasteiger partial charge is 0.268 e. The van der Waals surface area contributed by atoms with Crippen LogP contribution < -0.4 is 10.2 Å². The van der Waals surface area contributed by atoms with Gasteiger partial charge < -0.3 is 28.8 Å². The first-order valence-corrected chi connectivity index (χ1v) is 33.0. The van der Waals surface area contributed by atoms with E-state index >= 15 is 0 Å². The predicted octanol–water partition coefficient (Wildman–Crippen LogP) is 18.8. The zero-order chi connectivity index (χ0) is 52.0. The van der Waals surface area contributed by atoms with Gasteiger partial charge in [-0.15, -0.1) is 0 Å².